The van der Waals surface area contributed by atoms with E-state index in [2.05, 4.69) is 49.2 Å². The molecule has 1 aromatic rings. The van der Waals surface area contributed by atoms with E-state index in [1.165, 1.54) is 12.8 Å². The lowest BCUT2D eigenvalue weighted by Crippen LogP contribution is -2.25. The fraction of sp³-hybridized carbons (Fsp3) is 0.500. The van der Waals surface area contributed by atoms with Crippen LogP contribution < -0.4 is 0 Å². The van der Waals surface area contributed by atoms with E-state index < -0.39 is 0 Å². The number of nitrogens with zero attached hydrogens (tertiary/aromatic N) is 1. The van der Waals surface area contributed by atoms with Gasteiger partial charge in [-0.1, -0.05) is 63.1 Å². The number of aromatic nitrogens is 1. The van der Waals surface area contributed by atoms with Crippen molar-refractivity contribution >= 4 is 5.97 Å². The zero-order valence-electron chi connectivity index (χ0n) is 16.9. The van der Waals surface area contributed by atoms with Gasteiger partial charge in [0.05, 0.1) is 0 Å². The third-order valence-electron chi connectivity index (χ3n) is 5.04. The van der Waals surface area contributed by atoms with Crippen molar-refractivity contribution in [3.05, 3.63) is 66.0 Å². The molecule has 0 radical (unpaired) electrons. The third kappa shape index (κ3) is 7.54. The van der Waals surface area contributed by atoms with Gasteiger partial charge in [-0.05, 0) is 43.9 Å². The number of pyridine rings is 1. The normalized spacial score (nSPS) is 25.3. The Bertz CT molecular complexity index is 660. The van der Waals surface area contributed by atoms with Crippen molar-refractivity contribution < 1.29 is 9.53 Å². The summed E-state index contributed by atoms with van der Waals surface area (Å²) in [4.78, 5) is 16.6. The van der Waals surface area contributed by atoms with Gasteiger partial charge in [-0.25, -0.2) is 0 Å². The molecule has 3 heteroatoms. The average Bonchev–Trinajstić information content (AvgIpc) is 2.67. The zero-order valence-corrected chi connectivity index (χ0v) is 16.9. The van der Waals surface area contributed by atoms with E-state index in [4.69, 9.17) is 4.74 Å². The smallest absolute Gasteiger partial charge is 0.306 e. The Morgan fingerprint density at radius 1 is 1.26 bits per heavy atom. The molecule has 0 spiro atoms. The number of hydrogen-bond donors (Lipinski definition) is 0. The van der Waals surface area contributed by atoms with E-state index in [-0.39, 0.29) is 23.9 Å². The largest absolute Gasteiger partial charge is 0.457 e. The first-order chi connectivity index (χ1) is 13.1. The molecule has 0 saturated heterocycles. The first kappa shape index (κ1) is 21.1. The van der Waals surface area contributed by atoms with Gasteiger partial charge in [0.1, 0.15) is 6.10 Å². The summed E-state index contributed by atoms with van der Waals surface area (Å²) in [6.45, 7) is 6.30. The Kier molecular flexibility index (Phi) is 9.03. The Balaban J connectivity index is 2.07. The minimum absolute atomic E-state index is 0.0839. The van der Waals surface area contributed by atoms with Gasteiger partial charge in [-0.15, -0.1) is 0 Å². The molecule has 27 heavy (non-hydrogen) atoms. The number of cyclic esters (lactones) is 1. The summed E-state index contributed by atoms with van der Waals surface area (Å²) in [5.74, 6) is 0.331. The van der Waals surface area contributed by atoms with Crippen molar-refractivity contribution in [3.8, 4) is 0 Å². The lowest BCUT2D eigenvalue weighted by atomic mass is 9.96. The molecule has 0 aromatic carbocycles. The zero-order chi connectivity index (χ0) is 19.5. The Labute approximate surface area is 164 Å². The molecule has 0 saturated carbocycles. The first-order valence-electron chi connectivity index (χ1n) is 10.2. The number of hydrogen-bond acceptors (Lipinski definition) is 3. The number of rotatable bonds is 4. The molecule has 2 rings (SSSR count). The van der Waals surface area contributed by atoms with Crippen LogP contribution in [0.1, 0.15) is 70.9 Å². The number of carbonyl (C=O) groups is 1. The molecular formula is C24H33NO2. The van der Waals surface area contributed by atoms with Crippen molar-refractivity contribution in [1.29, 1.82) is 0 Å². The van der Waals surface area contributed by atoms with Gasteiger partial charge in [0.25, 0.3) is 0 Å². The third-order valence-corrected chi connectivity index (χ3v) is 5.04. The molecule has 2 heterocycles. The van der Waals surface area contributed by atoms with Crippen LogP contribution in [-0.2, 0) is 9.53 Å². The topological polar surface area (TPSA) is 39.2 Å². The number of ether oxygens (including phenoxy) is 1. The van der Waals surface area contributed by atoms with Crippen molar-refractivity contribution in [1.82, 2.24) is 4.98 Å². The maximum absolute atomic E-state index is 12.2. The van der Waals surface area contributed by atoms with Crippen LogP contribution >= 0.6 is 0 Å². The van der Waals surface area contributed by atoms with E-state index >= 15 is 0 Å². The highest BCUT2D eigenvalue weighted by Gasteiger charge is 2.21. The summed E-state index contributed by atoms with van der Waals surface area (Å²) in [5, 5.41) is 0. The fourth-order valence-electron chi connectivity index (χ4n) is 3.33. The molecule has 3 nitrogen and oxygen atoms in total. The Morgan fingerprint density at radius 3 is 2.85 bits per heavy atom. The summed E-state index contributed by atoms with van der Waals surface area (Å²) in [7, 11) is 0. The van der Waals surface area contributed by atoms with E-state index in [9.17, 15) is 4.79 Å². The minimum atomic E-state index is -0.206. The predicted molar refractivity (Wildman–Crippen MR) is 111 cm³/mol. The molecule has 0 unspecified atom stereocenters. The molecule has 1 aliphatic heterocycles. The van der Waals surface area contributed by atoms with Crippen molar-refractivity contribution in [2.45, 2.75) is 71.3 Å². The maximum atomic E-state index is 12.2. The first-order valence-corrected chi connectivity index (χ1v) is 10.2. The standard InChI is InChI=1S/C24H33NO2/c1-19(22-16-10-11-18-25-22)14-12-15-21(3)24-20(2)13-8-6-4-5-7-9-17-23(26)27-24/h8,10-16,18-20,24H,4-7,9,17H2,1-3H3/b13-8+,14-12+,21-15+/t19-,20-,24-/m0/s1. The molecule has 146 valence electrons. The highest BCUT2D eigenvalue weighted by atomic mass is 16.5. The molecule has 0 fully saturated rings. The van der Waals surface area contributed by atoms with Crippen LogP contribution in [0.2, 0.25) is 0 Å². The fourth-order valence-corrected chi connectivity index (χ4v) is 3.33. The summed E-state index contributed by atoms with van der Waals surface area (Å²) in [6, 6.07) is 5.97. The maximum Gasteiger partial charge on any atom is 0.306 e. The van der Waals surface area contributed by atoms with E-state index in [0.717, 1.165) is 30.5 Å². The highest BCUT2D eigenvalue weighted by Crippen LogP contribution is 2.21. The molecule has 0 aliphatic carbocycles. The van der Waals surface area contributed by atoms with Gasteiger partial charge >= 0.3 is 5.97 Å². The van der Waals surface area contributed by atoms with Gasteiger partial charge < -0.3 is 4.74 Å². The predicted octanol–water partition coefficient (Wildman–Crippen LogP) is 6.15. The molecular weight excluding hydrogens is 334 g/mol. The monoisotopic (exact) mass is 367 g/mol. The number of esters is 1. The van der Waals surface area contributed by atoms with Crippen molar-refractivity contribution in [2.75, 3.05) is 0 Å². The van der Waals surface area contributed by atoms with Gasteiger partial charge in [0.2, 0.25) is 0 Å². The quantitative estimate of drug-likeness (QED) is 0.364. The molecule has 3 atom stereocenters. The van der Waals surface area contributed by atoms with E-state index in [1.54, 1.807) is 0 Å². The lowest BCUT2D eigenvalue weighted by molar-refractivity contribution is -0.148. The van der Waals surface area contributed by atoms with Crippen LogP contribution in [0.25, 0.3) is 0 Å². The SMILES string of the molecule is C/C(=C\C=C\[C@H](C)c1ccccn1)[C@H]1OC(=O)CCCCCC/C=C/[C@@H]1C. The Morgan fingerprint density at radius 2 is 2.07 bits per heavy atom. The second-order valence-electron chi connectivity index (χ2n) is 7.49. The van der Waals surface area contributed by atoms with E-state index in [1.807, 2.05) is 31.3 Å². The van der Waals surface area contributed by atoms with Crippen LogP contribution in [0, 0.1) is 5.92 Å². The molecule has 1 aliphatic rings. The lowest BCUT2D eigenvalue weighted by Gasteiger charge is -2.23. The second kappa shape index (κ2) is 11.5. The minimum Gasteiger partial charge on any atom is -0.457 e. The number of carbonyl (C=O) groups excluding carboxylic acids is 1. The van der Waals surface area contributed by atoms with Crippen molar-refractivity contribution in [2.24, 2.45) is 5.92 Å². The van der Waals surface area contributed by atoms with E-state index in [0.29, 0.717) is 6.42 Å². The van der Waals surface area contributed by atoms with Gasteiger partial charge in [-0.2, -0.15) is 0 Å². The summed E-state index contributed by atoms with van der Waals surface area (Å²) in [6.07, 6.45) is 18.3. The molecule has 0 bridgehead atoms. The summed E-state index contributed by atoms with van der Waals surface area (Å²) in [5.41, 5.74) is 2.12. The van der Waals surface area contributed by atoms with Crippen molar-refractivity contribution in [3.63, 3.8) is 0 Å². The van der Waals surface area contributed by atoms with Crippen LogP contribution in [-0.4, -0.2) is 17.1 Å². The molecule has 0 N–H and O–H groups in total. The van der Waals surface area contributed by atoms with Gasteiger partial charge in [-0.3, -0.25) is 9.78 Å². The average molecular weight is 368 g/mol. The Hall–Kier alpha value is -2.16. The molecule has 0 amide bonds. The molecule has 1 aromatic heterocycles. The summed E-state index contributed by atoms with van der Waals surface area (Å²) < 4.78 is 5.83. The highest BCUT2D eigenvalue weighted by molar-refractivity contribution is 5.69. The van der Waals surface area contributed by atoms with Crippen LogP contribution in [0.3, 0.4) is 0 Å². The summed E-state index contributed by atoms with van der Waals surface area (Å²) >= 11 is 0. The second-order valence-corrected chi connectivity index (χ2v) is 7.49. The van der Waals surface area contributed by atoms with Gasteiger partial charge in [0, 0.05) is 30.1 Å². The number of allylic oxidation sites excluding steroid dienone is 4. The van der Waals surface area contributed by atoms with Crippen LogP contribution in [0.5, 0.6) is 0 Å². The van der Waals surface area contributed by atoms with Gasteiger partial charge in [0.15, 0.2) is 0 Å². The van der Waals surface area contributed by atoms with Crippen LogP contribution in [0.15, 0.2) is 60.3 Å². The van der Waals surface area contributed by atoms with Crippen LogP contribution in [0.4, 0.5) is 0 Å².